The highest BCUT2D eigenvalue weighted by atomic mass is 16.5. The van der Waals surface area contributed by atoms with Gasteiger partial charge in [0.25, 0.3) is 11.8 Å². The van der Waals surface area contributed by atoms with Gasteiger partial charge in [-0.05, 0) is 35.3 Å². The Morgan fingerprint density at radius 3 is 2.23 bits per heavy atom. The van der Waals surface area contributed by atoms with Crippen LogP contribution in [0.1, 0.15) is 42.3 Å². The summed E-state index contributed by atoms with van der Waals surface area (Å²) in [4.78, 5) is 36.1. The van der Waals surface area contributed by atoms with Crippen LogP contribution in [0.25, 0.3) is 6.08 Å². The molecule has 2 amide bonds. The van der Waals surface area contributed by atoms with Gasteiger partial charge in [0.15, 0.2) is 18.1 Å². The van der Waals surface area contributed by atoms with E-state index in [2.05, 4.69) is 26.1 Å². The first kappa shape index (κ1) is 23.7. The fraction of sp³-hybridized carbons (Fsp3) is 0.292. The van der Waals surface area contributed by atoms with Crippen molar-refractivity contribution in [1.82, 2.24) is 5.32 Å². The molecule has 0 aromatic heterocycles. The van der Waals surface area contributed by atoms with Gasteiger partial charge in [0.2, 0.25) is 0 Å². The van der Waals surface area contributed by atoms with Crippen molar-refractivity contribution in [3.63, 3.8) is 0 Å². The number of amides is 2. The number of hydrogen-bond acceptors (Lipinski definition) is 6. The Morgan fingerprint density at radius 2 is 1.65 bits per heavy atom. The van der Waals surface area contributed by atoms with E-state index in [9.17, 15) is 14.4 Å². The number of ether oxygens (including phenoxy) is 3. The van der Waals surface area contributed by atoms with Crippen molar-refractivity contribution >= 4 is 23.9 Å². The SMILES string of the molecule is COc1cccc(/C=C/C(=O)OCC(=O)NC(=O)c2ccc(C(C)(C)C)cc2)c1OC. The average Bonchev–Trinajstić information content (AvgIpc) is 2.75. The first-order chi connectivity index (χ1) is 14.7. The molecule has 0 heterocycles. The summed E-state index contributed by atoms with van der Waals surface area (Å²) >= 11 is 0. The van der Waals surface area contributed by atoms with Crippen molar-refractivity contribution < 1.29 is 28.6 Å². The molecule has 2 rings (SSSR count). The van der Waals surface area contributed by atoms with Gasteiger partial charge in [0.05, 0.1) is 14.2 Å². The Morgan fingerprint density at radius 1 is 0.968 bits per heavy atom. The second-order valence-electron chi connectivity index (χ2n) is 7.73. The maximum Gasteiger partial charge on any atom is 0.331 e. The van der Waals surface area contributed by atoms with E-state index in [0.717, 1.165) is 11.6 Å². The Balaban J connectivity index is 1.89. The number of carbonyl (C=O) groups is 3. The van der Waals surface area contributed by atoms with Crippen LogP contribution in [0.5, 0.6) is 11.5 Å². The van der Waals surface area contributed by atoms with Gasteiger partial charge in [-0.3, -0.25) is 14.9 Å². The van der Waals surface area contributed by atoms with Crippen LogP contribution in [0, 0.1) is 0 Å². The normalized spacial score (nSPS) is 11.1. The van der Waals surface area contributed by atoms with Gasteiger partial charge in [-0.1, -0.05) is 45.0 Å². The molecule has 0 atom stereocenters. The molecule has 0 aliphatic carbocycles. The molecule has 2 aromatic carbocycles. The van der Waals surface area contributed by atoms with Gasteiger partial charge >= 0.3 is 5.97 Å². The number of methoxy groups -OCH3 is 2. The van der Waals surface area contributed by atoms with Crippen molar-refractivity contribution in [1.29, 1.82) is 0 Å². The molecular formula is C24H27NO6. The molecule has 0 unspecified atom stereocenters. The minimum atomic E-state index is -0.734. The lowest BCUT2D eigenvalue weighted by atomic mass is 9.87. The number of esters is 1. The third kappa shape index (κ3) is 6.70. The number of para-hydroxylation sites is 1. The molecule has 2 aromatic rings. The monoisotopic (exact) mass is 425 g/mol. The molecule has 1 N–H and O–H groups in total. The van der Waals surface area contributed by atoms with Crippen molar-refractivity contribution in [3.8, 4) is 11.5 Å². The molecule has 0 saturated carbocycles. The van der Waals surface area contributed by atoms with Crippen LogP contribution in [0.4, 0.5) is 0 Å². The lowest BCUT2D eigenvalue weighted by Gasteiger charge is -2.18. The van der Waals surface area contributed by atoms with E-state index in [4.69, 9.17) is 14.2 Å². The molecule has 0 saturated heterocycles. The zero-order valence-electron chi connectivity index (χ0n) is 18.4. The summed E-state index contributed by atoms with van der Waals surface area (Å²) in [5.41, 5.74) is 1.99. The standard InChI is InChI=1S/C24H27NO6/c1-24(2,3)18-12-9-17(10-13-18)23(28)25-20(26)15-31-21(27)14-11-16-7-6-8-19(29-4)22(16)30-5/h6-14H,15H2,1-5H3,(H,25,26,28)/b14-11+. The van der Waals surface area contributed by atoms with Crippen molar-refractivity contribution in [2.45, 2.75) is 26.2 Å². The zero-order valence-corrected chi connectivity index (χ0v) is 18.4. The highest BCUT2D eigenvalue weighted by Crippen LogP contribution is 2.31. The maximum absolute atomic E-state index is 12.2. The third-order valence-electron chi connectivity index (χ3n) is 4.44. The van der Waals surface area contributed by atoms with E-state index in [-0.39, 0.29) is 5.41 Å². The second kappa shape index (κ2) is 10.4. The number of benzene rings is 2. The quantitative estimate of drug-likeness (QED) is 0.539. The largest absolute Gasteiger partial charge is 0.493 e. The minimum Gasteiger partial charge on any atom is -0.493 e. The van der Waals surface area contributed by atoms with E-state index >= 15 is 0 Å². The zero-order chi connectivity index (χ0) is 23.0. The van der Waals surface area contributed by atoms with Crippen LogP contribution >= 0.6 is 0 Å². The Bertz CT molecular complexity index is 971. The number of nitrogens with one attached hydrogen (secondary N) is 1. The predicted molar refractivity (Wildman–Crippen MR) is 117 cm³/mol. The van der Waals surface area contributed by atoms with E-state index in [0.29, 0.717) is 22.6 Å². The van der Waals surface area contributed by atoms with Gasteiger partial charge in [-0.15, -0.1) is 0 Å². The summed E-state index contributed by atoms with van der Waals surface area (Å²) in [7, 11) is 3.00. The predicted octanol–water partition coefficient (Wildman–Crippen LogP) is 3.51. The molecule has 0 aliphatic rings. The summed E-state index contributed by atoms with van der Waals surface area (Å²) in [5, 5.41) is 2.20. The summed E-state index contributed by atoms with van der Waals surface area (Å²) in [6.07, 6.45) is 2.65. The first-order valence-corrected chi connectivity index (χ1v) is 9.66. The van der Waals surface area contributed by atoms with Gasteiger partial charge in [0.1, 0.15) is 0 Å². The average molecular weight is 425 g/mol. The lowest BCUT2D eigenvalue weighted by molar-refractivity contribution is -0.143. The first-order valence-electron chi connectivity index (χ1n) is 9.66. The maximum atomic E-state index is 12.2. The van der Waals surface area contributed by atoms with Crippen LogP contribution in [0.15, 0.2) is 48.5 Å². The molecule has 7 heteroatoms. The molecule has 0 fully saturated rings. The Kier molecular flexibility index (Phi) is 7.96. The fourth-order valence-electron chi connectivity index (χ4n) is 2.74. The van der Waals surface area contributed by atoms with E-state index in [1.165, 1.54) is 20.3 Å². The highest BCUT2D eigenvalue weighted by molar-refractivity contribution is 6.05. The van der Waals surface area contributed by atoms with Gasteiger partial charge < -0.3 is 14.2 Å². The topological polar surface area (TPSA) is 90.9 Å². The van der Waals surface area contributed by atoms with Crippen LogP contribution in [-0.2, 0) is 19.7 Å². The van der Waals surface area contributed by atoms with Crippen molar-refractivity contribution in [3.05, 3.63) is 65.2 Å². The highest BCUT2D eigenvalue weighted by Gasteiger charge is 2.16. The van der Waals surface area contributed by atoms with Crippen LogP contribution in [-0.4, -0.2) is 38.6 Å². The van der Waals surface area contributed by atoms with Crippen LogP contribution in [0.3, 0.4) is 0 Å². The lowest BCUT2D eigenvalue weighted by Crippen LogP contribution is -2.34. The second-order valence-corrected chi connectivity index (χ2v) is 7.73. The van der Waals surface area contributed by atoms with Gasteiger partial charge in [-0.2, -0.15) is 0 Å². The molecule has 164 valence electrons. The molecule has 31 heavy (non-hydrogen) atoms. The van der Waals surface area contributed by atoms with Gasteiger partial charge in [0, 0.05) is 17.2 Å². The van der Waals surface area contributed by atoms with E-state index in [1.54, 1.807) is 30.3 Å². The van der Waals surface area contributed by atoms with Crippen molar-refractivity contribution in [2.75, 3.05) is 20.8 Å². The molecule has 0 spiro atoms. The third-order valence-corrected chi connectivity index (χ3v) is 4.44. The van der Waals surface area contributed by atoms with Crippen molar-refractivity contribution in [2.24, 2.45) is 0 Å². The molecular weight excluding hydrogens is 398 g/mol. The molecule has 0 aliphatic heterocycles. The minimum absolute atomic E-state index is 0.0402. The molecule has 7 nitrogen and oxygen atoms in total. The fourth-order valence-corrected chi connectivity index (χ4v) is 2.74. The smallest absolute Gasteiger partial charge is 0.331 e. The number of imide groups is 1. The number of hydrogen-bond donors (Lipinski definition) is 1. The van der Waals surface area contributed by atoms with E-state index in [1.807, 2.05) is 12.1 Å². The molecule has 0 bridgehead atoms. The summed E-state index contributed by atoms with van der Waals surface area (Å²) in [6.45, 7) is 5.63. The Hall–Kier alpha value is -3.61. The number of carbonyl (C=O) groups excluding carboxylic acids is 3. The van der Waals surface area contributed by atoms with Crippen LogP contribution < -0.4 is 14.8 Å². The Labute approximate surface area is 182 Å². The summed E-state index contributed by atoms with van der Waals surface area (Å²) in [6, 6.07) is 12.2. The summed E-state index contributed by atoms with van der Waals surface area (Å²) < 4.78 is 15.4. The van der Waals surface area contributed by atoms with Gasteiger partial charge in [-0.25, -0.2) is 4.79 Å². The van der Waals surface area contributed by atoms with E-state index < -0.39 is 24.4 Å². The molecule has 0 radical (unpaired) electrons. The number of rotatable bonds is 7. The van der Waals surface area contributed by atoms with Crippen LogP contribution in [0.2, 0.25) is 0 Å². The summed E-state index contributed by atoms with van der Waals surface area (Å²) in [5.74, 6) is -1.02.